The van der Waals surface area contributed by atoms with Gasteiger partial charge in [0, 0.05) is 13.1 Å². The van der Waals surface area contributed by atoms with Crippen LogP contribution in [-0.2, 0) is 4.79 Å². The highest BCUT2D eigenvalue weighted by molar-refractivity contribution is 5.77. The van der Waals surface area contributed by atoms with Crippen LogP contribution in [0, 0.1) is 11.3 Å². The van der Waals surface area contributed by atoms with E-state index in [1.165, 1.54) is 0 Å². The number of nitrogens with one attached hydrogen (secondary N) is 2. The summed E-state index contributed by atoms with van der Waals surface area (Å²) in [6, 6.07) is 1.81. The van der Waals surface area contributed by atoms with Gasteiger partial charge in [-0.25, -0.2) is 0 Å². The van der Waals surface area contributed by atoms with E-state index in [1.807, 2.05) is 6.07 Å². The van der Waals surface area contributed by atoms with E-state index in [9.17, 15) is 4.79 Å². The van der Waals surface area contributed by atoms with Crippen molar-refractivity contribution >= 4 is 5.91 Å². The maximum atomic E-state index is 10.9. The summed E-state index contributed by atoms with van der Waals surface area (Å²) in [6.45, 7) is 5.20. The van der Waals surface area contributed by atoms with E-state index in [1.54, 1.807) is 6.20 Å². The first kappa shape index (κ1) is 13.5. The first-order chi connectivity index (χ1) is 7.31. The van der Waals surface area contributed by atoms with Gasteiger partial charge in [0.25, 0.3) is 0 Å². The highest BCUT2D eigenvalue weighted by Gasteiger charge is 1.97. The number of carbonyl (C=O) groups excluding carboxylic acids is 1. The van der Waals surface area contributed by atoms with Gasteiger partial charge < -0.3 is 10.6 Å². The lowest BCUT2D eigenvalue weighted by Crippen LogP contribution is -2.23. The van der Waals surface area contributed by atoms with E-state index in [-0.39, 0.29) is 12.3 Å². The monoisotopic (exact) mass is 209 g/mol. The lowest BCUT2D eigenvalue weighted by Gasteiger charge is -2.03. The van der Waals surface area contributed by atoms with Crippen LogP contribution in [0.4, 0.5) is 0 Å². The Morgan fingerprint density at radius 1 is 1.27 bits per heavy atom. The normalized spacial score (nSPS) is 9.00. The minimum Gasteiger partial charge on any atom is -0.391 e. The molecule has 0 radical (unpaired) electrons. The Kier molecular flexibility index (Phi) is 9.52. The van der Waals surface area contributed by atoms with Crippen molar-refractivity contribution in [2.45, 2.75) is 32.1 Å². The van der Waals surface area contributed by atoms with Crippen molar-refractivity contribution in [3.05, 3.63) is 12.8 Å². The van der Waals surface area contributed by atoms with Gasteiger partial charge in [0.1, 0.15) is 6.42 Å². The molecule has 0 saturated carbocycles. The second-order valence-electron chi connectivity index (χ2n) is 3.26. The molecule has 0 heterocycles. The highest BCUT2D eigenvalue weighted by atomic mass is 16.1. The fourth-order valence-corrected chi connectivity index (χ4v) is 1.17. The van der Waals surface area contributed by atoms with Crippen LogP contribution in [-0.4, -0.2) is 19.0 Å². The average Bonchev–Trinajstić information content (AvgIpc) is 2.22. The summed E-state index contributed by atoms with van der Waals surface area (Å²) in [5.74, 6) is -0.175. The molecule has 0 aromatic heterocycles. The van der Waals surface area contributed by atoms with E-state index in [4.69, 9.17) is 5.26 Å². The summed E-state index contributed by atoms with van der Waals surface area (Å²) >= 11 is 0. The van der Waals surface area contributed by atoms with Crippen molar-refractivity contribution in [1.29, 1.82) is 5.26 Å². The number of hydrogen-bond acceptors (Lipinski definition) is 3. The Morgan fingerprint density at radius 2 is 1.93 bits per heavy atom. The zero-order chi connectivity index (χ0) is 11.4. The van der Waals surface area contributed by atoms with Gasteiger partial charge in [-0.15, -0.1) is 0 Å². The Balaban J connectivity index is 3.08. The largest absolute Gasteiger partial charge is 0.391 e. The zero-order valence-electron chi connectivity index (χ0n) is 9.09. The predicted molar refractivity (Wildman–Crippen MR) is 59.9 cm³/mol. The maximum Gasteiger partial charge on any atom is 0.234 e. The van der Waals surface area contributed by atoms with Crippen molar-refractivity contribution in [1.82, 2.24) is 10.6 Å². The second-order valence-corrected chi connectivity index (χ2v) is 3.26. The number of unbranched alkanes of at least 4 members (excludes halogenated alkanes) is 3. The molecule has 0 rings (SSSR count). The first-order valence-electron chi connectivity index (χ1n) is 5.29. The van der Waals surface area contributed by atoms with Gasteiger partial charge in [0.15, 0.2) is 0 Å². The van der Waals surface area contributed by atoms with Crippen LogP contribution < -0.4 is 10.6 Å². The number of nitrogens with zero attached hydrogens (tertiary/aromatic N) is 1. The molecule has 0 aliphatic rings. The molecular weight excluding hydrogens is 190 g/mol. The van der Waals surface area contributed by atoms with Gasteiger partial charge >= 0.3 is 0 Å². The zero-order valence-corrected chi connectivity index (χ0v) is 9.09. The lowest BCUT2D eigenvalue weighted by atomic mass is 10.2. The first-order valence-corrected chi connectivity index (χ1v) is 5.29. The molecule has 0 aromatic rings. The average molecular weight is 209 g/mol. The summed E-state index contributed by atoms with van der Waals surface area (Å²) < 4.78 is 0. The van der Waals surface area contributed by atoms with Gasteiger partial charge in [-0.3, -0.25) is 4.79 Å². The second kappa shape index (κ2) is 10.6. The molecule has 0 atom stereocenters. The van der Waals surface area contributed by atoms with Gasteiger partial charge in [-0.05, 0) is 19.0 Å². The fraction of sp³-hybridized carbons (Fsp3) is 0.636. The summed E-state index contributed by atoms with van der Waals surface area (Å²) in [5.41, 5.74) is 0. The molecule has 0 saturated heterocycles. The van der Waals surface area contributed by atoms with Crippen LogP contribution in [0.1, 0.15) is 32.1 Å². The Labute approximate surface area is 91.4 Å². The maximum absolute atomic E-state index is 10.9. The molecule has 2 N–H and O–H groups in total. The molecule has 0 unspecified atom stereocenters. The minimum absolute atomic E-state index is 0.0384. The highest BCUT2D eigenvalue weighted by Crippen LogP contribution is 1.97. The van der Waals surface area contributed by atoms with Crippen LogP contribution in [0.2, 0.25) is 0 Å². The van der Waals surface area contributed by atoms with Gasteiger partial charge in [-0.2, -0.15) is 5.26 Å². The van der Waals surface area contributed by atoms with Crippen LogP contribution in [0.15, 0.2) is 12.8 Å². The molecule has 0 spiro atoms. The van der Waals surface area contributed by atoms with Gasteiger partial charge in [0.2, 0.25) is 5.91 Å². The van der Waals surface area contributed by atoms with E-state index in [0.717, 1.165) is 32.2 Å². The number of amides is 1. The molecule has 4 heteroatoms. The summed E-state index contributed by atoms with van der Waals surface area (Å²) in [4.78, 5) is 10.9. The van der Waals surface area contributed by atoms with Gasteiger partial charge in [0.05, 0.1) is 6.07 Å². The van der Waals surface area contributed by atoms with Crippen LogP contribution >= 0.6 is 0 Å². The smallest absolute Gasteiger partial charge is 0.234 e. The van der Waals surface area contributed by atoms with E-state index in [0.29, 0.717) is 6.54 Å². The number of nitriles is 1. The molecule has 84 valence electrons. The quantitative estimate of drug-likeness (QED) is 0.563. The number of hydrogen-bond donors (Lipinski definition) is 2. The third-order valence-electron chi connectivity index (χ3n) is 1.95. The Morgan fingerprint density at radius 3 is 2.53 bits per heavy atom. The third-order valence-corrected chi connectivity index (χ3v) is 1.95. The van der Waals surface area contributed by atoms with E-state index >= 15 is 0 Å². The SMILES string of the molecule is C=CNCCCCCCNC(=O)CC#N. The number of carbonyl (C=O) groups is 1. The molecule has 1 amide bonds. The summed E-state index contributed by atoms with van der Waals surface area (Å²) in [5, 5.41) is 14.0. The van der Waals surface area contributed by atoms with Crippen molar-refractivity contribution in [3.63, 3.8) is 0 Å². The van der Waals surface area contributed by atoms with Crippen molar-refractivity contribution in [3.8, 4) is 6.07 Å². The van der Waals surface area contributed by atoms with E-state index < -0.39 is 0 Å². The molecule has 0 bridgehead atoms. The molecule has 0 aromatic carbocycles. The molecule has 0 fully saturated rings. The van der Waals surface area contributed by atoms with Crippen molar-refractivity contribution in [2.24, 2.45) is 0 Å². The fourth-order valence-electron chi connectivity index (χ4n) is 1.17. The van der Waals surface area contributed by atoms with Crippen LogP contribution in [0.25, 0.3) is 0 Å². The molecule has 15 heavy (non-hydrogen) atoms. The molecular formula is C11H19N3O. The van der Waals surface area contributed by atoms with Crippen molar-refractivity contribution < 1.29 is 4.79 Å². The van der Waals surface area contributed by atoms with Gasteiger partial charge in [-0.1, -0.05) is 19.4 Å². The summed E-state index contributed by atoms with van der Waals surface area (Å²) in [6.07, 6.45) is 6.01. The third kappa shape index (κ3) is 10.4. The molecule has 4 nitrogen and oxygen atoms in total. The minimum atomic E-state index is -0.175. The van der Waals surface area contributed by atoms with Crippen molar-refractivity contribution in [2.75, 3.05) is 13.1 Å². The topological polar surface area (TPSA) is 64.9 Å². The Bertz CT molecular complexity index is 220. The lowest BCUT2D eigenvalue weighted by molar-refractivity contribution is -0.120. The molecule has 0 aliphatic heterocycles. The number of rotatable bonds is 9. The van der Waals surface area contributed by atoms with E-state index in [2.05, 4.69) is 17.2 Å². The summed E-state index contributed by atoms with van der Waals surface area (Å²) in [7, 11) is 0. The van der Waals surface area contributed by atoms with Crippen LogP contribution in [0.3, 0.4) is 0 Å². The predicted octanol–water partition coefficient (Wildman–Crippen LogP) is 1.31. The Hall–Kier alpha value is -1.50. The van der Waals surface area contributed by atoms with Crippen LogP contribution in [0.5, 0.6) is 0 Å². The molecule has 0 aliphatic carbocycles. The standard InChI is InChI=1S/C11H19N3O/c1-2-13-9-5-3-4-6-10-14-11(15)7-8-12/h2,13H,1,3-7,9-10H2,(H,14,15).